The summed E-state index contributed by atoms with van der Waals surface area (Å²) in [6.45, 7) is 4.06. The molecule has 0 spiro atoms. The number of hydrogen-bond acceptors (Lipinski definition) is 5. The van der Waals surface area contributed by atoms with Gasteiger partial charge >= 0.3 is 5.97 Å². The molecule has 6 nitrogen and oxygen atoms in total. The number of esters is 1. The van der Waals surface area contributed by atoms with Crippen LogP contribution in [0.25, 0.3) is 0 Å². The Hall–Kier alpha value is -3.84. The van der Waals surface area contributed by atoms with Gasteiger partial charge in [-0.3, -0.25) is 9.59 Å². The number of rotatable bonds is 7. The lowest BCUT2D eigenvalue weighted by atomic mass is 9.97. The van der Waals surface area contributed by atoms with Gasteiger partial charge < -0.3 is 15.0 Å². The van der Waals surface area contributed by atoms with E-state index in [0.29, 0.717) is 11.3 Å². The minimum atomic E-state index is -0.888. The first kappa shape index (κ1) is 23.9. The van der Waals surface area contributed by atoms with Crippen LogP contribution in [0.15, 0.2) is 103 Å². The second-order valence-corrected chi connectivity index (χ2v) is 9.96. The quantitative estimate of drug-likeness (QED) is 0.304. The summed E-state index contributed by atoms with van der Waals surface area (Å²) in [4.78, 5) is 40.7. The van der Waals surface area contributed by atoms with Crippen LogP contribution in [-0.4, -0.2) is 45.9 Å². The summed E-state index contributed by atoms with van der Waals surface area (Å²) < 4.78 is 6.04. The van der Waals surface area contributed by atoms with Gasteiger partial charge in [-0.05, 0) is 22.3 Å². The molecule has 36 heavy (non-hydrogen) atoms. The lowest BCUT2D eigenvalue weighted by Crippen LogP contribution is -2.74. The Balaban J connectivity index is 1.30. The third kappa shape index (κ3) is 4.79. The Morgan fingerprint density at radius 2 is 1.50 bits per heavy atom. The van der Waals surface area contributed by atoms with Crippen molar-refractivity contribution >= 4 is 29.5 Å². The number of nitrogens with one attached hydrogen (secondary N) is 1. The molecular weight excluding hydrogens is 472 g/mol. The van der Waals surface area contributed by atoms with Gasteiger partial charge in [0.05, 0.1) is 6.42 Å². The number of fused-ring (bicyclic) bond motifs is 1. The smallest absolute Gasteiger partial charge is 0.334 e. The zero-order valence-corrected chi connectivity index (χ0v) is 20.4. The molecule has 3 aromatic rings. The maximum absolute atomic E-state index is 13.5. The van der Waals surface area contributed by atoms with E-state index >= 15 is 0 Å². The Morgan fingerprint density at radius 1 is 0.944 bits per heavy atom. The van der Waals surface area contributed by atoms with E-state index in [9.17, 15) is 14.4 Å². The van der Waals surface area contributed by atoms with Gasteiger partial charge in [0.25, 0.3) is 0 Å². The number of amides is 2. The van der Waals surface area contributed by atoms with Crippen molar-refractivity contribution in [3.63, 3.8) is 0 Å². The molecule has 0 radical (unpaired) electrons. The molecule has 0 aliphatic carbocycles. The van der Waals surface area contributed by atoms with E-state index in [1.54, 1.807) is 0 Å². The van der Waals surface area contributed by atoms with Gasteiger partial charge in [0.15, 0.2) is 12.1 Å². The largest absolute Gasteiger partial charge is 0.451 e. The molecule has 5 rings (SSSR count). The van der Waals surface area contributed by atoms with Crippen molar-refractivity contribution < 1.29 is 19.1 Å². The highest BCUT2D eigenvalue weighted by Gasteiger charge is 2.56. The fourth-order valence-electron chi connectivity index (χ4n) is 4.59. The monoisotopic (exact) mass is 498 g/mol. The van der Waals surface area contributed by atoms with Crippen LogP contribution in [0.4, 0.5) is 0 Å². The lowest BCUT2D eigenvalue weighted by molar-refractivity contribution is -0.165. The molecular formula is C29H26N2O4S. The Morgan fingerprint density at radius 3 is 2.08 bits per heavy atom. The SMILES string of the molecule is C=C1CS[C@H]2C(NC(=O)Cc3ccccc3)C(=O)N2C1C(=O)OC(c1ccccc1)c1ccccc1. The summed E-state index contributed by atoms with van der Waals surface area (Å²) in [5.74, 6) is -0.546. The molecule has 1 N–H and O–H groups in total. The van der Waals surface area contributed by atoms with Crippen molar-refractivity contribution in [1.82, 2.24) is 10.2 Å². The van der Waals surface area contributed by atoms with Crippen molar-refractivity contribution in [2.24, 2.45) is 0 Å². The zero-order valence-electron chi connectivity index (χ0n) is 19.6. The van der Waals surface area contributed by atoms with Crippen LogP contribution < -0.4 is 5.32 Å². The molecule has 2 heterocycles. The van der Waals surface area contributed by atoms with Crippen molar-refractivity contribution in [2.45, 2.75) is 30.0 Å². The van der Waals surface area contributed by atoms with Crippen LogP contribution in [0.3, 0.4) is 0 Å². The molecule has 0 saturated carbocycles. The van der Waals surface area contributed by atoms with E-state index in [0.717, 1.165) is 16.7 Å². The topological polar surface area (TPSA) is 75.7 Å². The van der Waals surface area contributed by atoms with Gasteiger partial charge in [0, 0.05) is 5.75 Å². The van der Waals surface area contributed by atoms with Crippen LogP contribution in [0, 0.1) is 0 Å². The van der Waals surface area contributed by atoms with E-state index in [4.69, 9.17) is 4.74 Å². The first-order valence-corrected chi connectivity index (χ1v) is 12.8. The molecule has 182 valence electrons. The predicted molar refractivity (Wildman–Crippen MR) is 139 cm³/mol. The van der Waals surface area contributed by atoms with E-state index in [2.05, 4.69) is 11.9 Å². The molecule has 3 aromatic carbocycles. The molecule has 2 amide bonds. The van der Waals surface area contributed by atoms with Gasteiger partial charge in [0.2, 0.25) is 11.8 Å². The van der Waals surface area contributed by atoms with E-state index in [1.165, 1.54) is 16.7 Å². The Bertz CT molecular complexity index is 1230. The van der Waals surface area contributed by atoms with Crippen LogP contribution in [0.5, 0.6) is 0 Å². The van der Waals surface area contributed by atoms with Crippen LogP contribution in [0.1, 0.15) is 22.8 Å². The average Bonchev–Trinajstić information content (AvgIpc) is 2.91. The molecule has 7 heteroatoms. The highest BCUT2D eigenvalue weighted by atomic mass is 32.2. The van der Waals surface area contributed by atoms with Crippen molar-refractivity contribution in [1.29, 1.82) is 0 Å². The minimum absolute atomic E-state index is 0.190. The fourth-order valence-corrected chi connectivity index (χ4v) is 5.89. The number of carbonyl (C=O) groups is 3. The highest BCUT2D eigenvalue weighted by molar-refractivity contribution is 8.00. The first-order valence-electron chi connectivity index (χ1n) is 11.8. The maximum Gasteiger partial charge on any atom is 0.334 e. The third-order valence-electron chi connectivity index (χ3n) is 6.37. The van der Waals surface area contributed by atoms with Crippen LogP contribution >= 0.6 is 11.8 Å². The molecule has 2 aliphatic rings. The standard InChI is InChI=1S/C29H26N2O4S/c1-19-18-36-28-24(30-23(32)17-20-11-5-2-6-12-20)27(33)31(28)25(19)29(34)35-26(21-13-7-3-8-14-21)22-15-9-4-10-16-22/h2-16,24-26,28H,1,17-18H2,(H,30,32)/t24?,25?,28-/m0/s1. The van der Waals surface area contributed by atoms with E-state index in [-0.39, 0.29) is 23.6 Å². The maximum atomic E-state index is 13.5. The molecule has 0 aromatic heterocycles. The molecule has 2 aliphatic heterocycles. The number of hydrogen-bond donors (Lipinski definition) is 1. The average molecular weight is 499 g/mol. The van der Waals surface area contributed by atoms with Crippen LogP contribution in [-0.2, 0) is 25.5 Å². The molecule has 3 atom stereocenters. The van der Waals surface area contributed by atoms with Crippen LogP contribution in [0.2, 0.25) is 0 Å². The summed E-state index contributed by atoms with van der Waals surface area (Å²) in [5, 5.41) is 2.51. The number of nitrogens with zero attached hydrogens (tertiary/aromatic N) is 1. The molecule has 2 saturated heterocycles. The third-order valence-corrected chi connectivity index (χ3v) is 7.75. The molecule has 0 bridgehead atoms. The summed E-state index contributed by atoms with van der Waals surface area (Å²) in [6.07, 6.45) is -0.422. The van der Waals surface area contributed by atoms with Crippen molar-refractivity contribution in [3.05, 3.63) is 120 Å². The Kier molecular flexibility index (Phi) is 6.91. The number of benzene rings is 3. The second kappa shape index (κ2) is 10.4. The van der Waals surface area contributed by atoms with Gasteiger partial charge in [-0.25, -0.2) is 4.79 Å². The summed E-state index contributed by atoms with van der Waals surface area (Å²) in [5.41, 5.74) is 3.16. The highest BCUT2D eigenvalue weighted by Crippen LogP contribution is 2.41. The number of β-lactam (4-membered cyclic amide) rings is 1. The molecule has 2 unspecified atom stereocenters. The predicted octanol–water partition coefficient (Wildman–Crippen LogP) is 3.89. The van der Waals surface area contributed by atoms with E-state index < -0.39 is 24.2 Å². The normalized spacial score (nSPS) is 20.9. The minimum Gasteiger partial charge on any atom is -0.451 e. The summed E-state index contributed by atoms with van der Waals surface area (Å²) in [7, 11) is 0. The lowest BCUT2D eigenvalue weighted by Gasteiger charge is -2.52. The van der Waals surface area contributed by atoms with Crippen molar-refractivity contribution in [3.8, 4) is 0 Å². The van der Waals surface area contributed by atoms with Crippen molar-refractivity contribution in [2.75, 3.05) is 5.75 Å². The first-order chi connectivity index (χ1) is 17.5. The van der Waals surface area contributed by atoms with Gasteiger partial charge in [-0.1, -0.05) is 97.6 Å². The second-order valence-electron chi connectivity index (χ2n) is 8.85. The fraction of sp³-hybridized carbons (Fsp3) is 0.207. The summed E-state index contributed by atoms with van der Waals surface area (Å²) in [6, 6.07) is 26.8. The zero-order chi connectivity index (χ0) is 25.1. The number of carbonyl (C=O) groups excluding carboxylic acids is 3. The molecule has 2 fully saturated rings. The summed E-state index contributed by atoms with van der Waals surface area (Å²) >= 11 is 1.50. The van der Waals surface area contributed by atoms with Gasteiger partial charge in [-0.2, -0.15) is 0 Å². The Labute approximate surface area is 214 Å². The van der Waals surface area contributed by atoms with Gasteiger partial charge in [0.1, 0.15) is 11.4 Å². The van der Waals surface area contributed by atoms with Gasteiger partial charge in [-0.15, -0.1) is 11.8 Å². The van der Waals surface area contributed by atoms with E-state index in [1.807, 2.05) is 91.0 Å². The number of ether oxygens (including phenoxy) is 1. The number of thioether (sulfide) groups is 1.